The van der Waals surface area contributed by atoms with Gasteiger partial charge in [0, 0.05) is 5.38 Å². The molecule has 0 aliphatic heterocycles. The third-order valence-corrected chi connectivity index (χ3v) is 3.67. The summed E-state index contributed by atoms with van der Waals surface area (Å²) in [5.74, 6) is 0.264. The van der Waals surface area contributed by atoms with Gasteiger partial charge in [-0.05, 0) is 18.6 Å². The number of thiazole rings is 1. The maximum Gasteiger partial charge on any atom is 0.255 e. The summed E-state index contributed by atoms with van der Waals surface area (Å²) >= 11 is 1.50. The zero-order valence-electron chi connectivity index (χ0n) is 11.8. The molecule has 1 amide bonds. The Hall–Kier alpha value is -1.92. The summed E-state index contributed by atoms with van der Waals surface area (Å²) in [6.07, 6.45) is 0.671. The Morgan fingerprint density at radius 2 is 2.29 bits per heavy atom. The molecule has 0 fully saturated rings. The van der Waals surface area contributed by atoms with E-state index in [0.717, 1.165) is 5.69 Å². The molecule has 0 spiro atoms. The van der Waals surface area contributed by atoms with Crippen LogP contribution in [0.25, 0.3) is 0 Å². The van der Waals surface area contributed by atoms with Gasteiger partial charge in [-0.3, -0.25) is 4.79 Å². The SMILES string of the molecule is CCC(CO)NC(=O)c1ccccc1OCc1cscn1. The first kappa shape index (κ1) is 15.5. The number of nitrogens with zero attached hydrogens (tertiary/aromatic N) is 1. The van der Waals surface area contributed by atoms with Crippen molar-refractivity contribution in [3.05, 3.63) is 46.4 Å². The van der Waals surface area contributed by atoms with Gasteiger partial charge in [-0.15, -0.1) is 11.3 Å². The number of para-hydroxylation sites is 1. The number of nitrogens with one attached hydrogen (secondary N) is 1. The number of hydrogen-bond donors (Lipinski definition) is 2. The third kappa shape index (κ3) is 4.27. The van der Waals surface area contributed by atoms with E-state index in [-0.39, 0.29) is 18.6 Å². The van der Waals surface area contributed by atoms with E-state index in [1.165, 1.54) is 11.3 Å². The van der Waals surface area contributed by atoms with Gasteiger partial charge >= 0.3 is 0 Å². The minimum atomic E-state index is -0.246. The molecule has 1 atom stereocenters. The second kappa shape index (κ2) is 7.75. The smallest absolute Gasteiger partial charge is 0.255 e. The summed E-state index contributed by atoms with van der Waals surface area (Å²) in [5.41, 5.74) is 3.03. The number of hydrogen-bond acceptors (Lipinski definition) is 5. The van der Waals surface area contributed by atoms with Crippen LogP contribution in [-0.2, 0) is 6.61 Å². The molecule has 1 aromatic carbocycles. The molecule has 5 nitrogen and oxygen atoms in total. The van der Waals surface area contributed by atoms with Crippen molar-refractivity contribution in [2.45, 2.75) is 26.0 Å². The molecule has 1 heterocycles. The molecular formula is C15H18N2O3S. The second-order valence-corrected chi connectivity index (χ2v) is 5.24. The Balaban J connectivity index is 2.07. The van der Waals surface area contributed by atoms with Crippen LogP contribution in [0, 0.1) is 0 Å². The van der Waals surface area contributed by atoms with Crippen molar-refractivity contribution in [2.24, 2.45) is 0 Å². The van der Waals surface area contributed by atoms with Gasteiger partial charge in [-0.1, -0.05) is 19.1 Å². The Morgan fingerprint density at radius 3 is 2.95 bits per heavy atom. The van der Waals surface area contributed by atoms with Gasteiger partial charge in [0.1, 0.15) is 12.4 Å². The van der Waals surface area contributed by atoms with Gasteiger partial charge in [-0.25, -0.2) is 4.98 Å². The minimum Gasteiger partial charge on any atom is -0.486 e. The summed E-state index contributed by atoms with van der Waals surface area (Å²) in [7, 11) is 0. The normalized spacial score (nSPS) is 11.9. The van der Waals surface area contributed by atoms with Crippen LogP contribution < -0.4 is 10.1 Å². The average molecular weight is 306 g/mol. The molecule has 0 radical (unpaired) electrons. The van der Waals surface area contributed by atoms with Crippen molar-refractivity contribution in [3.63, 3.8) is 0 Å². The Labute approximate surface area is 127 Å². The first-order valence-corrected chi connectivity index (χ1v) is 7.69. The lowest BCUT2D eigenvalue weighted by Crippen LogP contribution is -2.37. The van der Waals surface area contributed by atoms with Gasteiger partial charge in [0.2, 0.25) is 0 Å². The number of carbonyl (C=O) groups excluding carboxylic acids is 1. The van der Waals surface area contributed by atoms with Crippen LogP contribution in [0.4, 0.5) is 0 Å². The molecule has 2 N–H and O–H groups in total. The molecule has 0 aliphatic carbocycles. The fourth-order valence-corrected chi connectivity index (χ4v) is 2.32. The number of ether oxygens (including phenoxy) is 1. The number of benzene rings is 1. The molecule has 2 rings (SSSR count). The largest absolute Gasteiger partial charge is 0.486 e. The highest BCUT2D eigenvalue weighted by Crippen LogP contribution is 2.19. The van der Waals surface area contributed by atoms with E-state index in [4.69, 9.17) is 9.84 Å². The van der Waals surface area contributed by atoms with E-state index < -0.39 is 0 Å². The first-order valence-electron chi connectivity index (χ1n) is 6.75. The van der Waals surface area contributed by atoms with Gasteiger partial charge in [0.25, 0.3) is 5.91 Å². The van der Waals surface area contributed by atoms with Crippen molar-refractivity contribution in [2.75, 3.05) is 6.61 Å². The maximum absolute atomic E-state index is 12.2. The maximum atomic E-state index is 12.2. The van der Waals surface area contributed by atoms with E-state index >= 15 is 0 Å². The Morgan fingerprint density at radius 1 is 1.48 bits per heavy atom. The molecule has 0 aliphatic rings. The number of aliphatic hydroxyl groups is 1. The molecule has 1 unspecified atom stereocenters. The average Bonchev–Trinajstić information content (AvgIpc) is 3.04. The Bertz CT molecular complexity index is 568. The quantitative estimate of drug-likeness (QED) is 0.823. The Kier molecular flexibility index (Phi) is 5.71. The van der Waals surface area contributed by atoms with E-state index in [9.17, 15) is 4.79 Å². The number of rotatable bonds is 7. The standard InChI is InChI=1S/C15H18N2O3S/c1-2-11(7-18)17-15(19)13-5-3-4-6-14(13)20-8-12-9-21-10-16-12/h3-6,9-11,18H,2,7-8H2,1H3,(H,17,19). The molecule has 1 aromatic heterocycles. The van der Waals surface area contributed by atoms with Crippen LogP contribution >= 0.6 is 11.3 Å². The van der Waals surface area contributed by atoms with E-state index in [0.29, 0.717) is 24.3 Å². The molecule has 0 saturated carbocycles. The molecule has 0 bridgehead atoms. The zero-order chi connectivity index (χ0) is 15.1. The minimum absolute atomic E-state index is 0.0793. The van der Waals surface area contributed by atoms with Gasteiger partial charge in [-0.2, -0.15) is 0 Å². The van der Waals surface area contributed by atoms with Crippen molar-refractivity contribution in [3.8, 4) is 5.75 Å². The van der Waals surface area contributed by atoms with Crippen molar-refractivity contribution >= 4 is 17.2 Å². The summed E-state index contributed by atoms with van der Waals surface area (Å²) in [5, 5.41) is 13.9. The highest BCUT2D eigenvalue weighted by atomic mass is 32.1. The van der Waals surface area contributed by atoms with Gasteiger partial charge in [0.05, 0.1) is 29.4 Å². The molecule has 2 aromatic rings. The van der Waals surface area contributed by atoms with Crippen LogP contribution in [0.15, 0.2) is 35.2 Å². The fraction of sp³-hybridized carbons (Fsp3) is 0.333. The summed E-state index contributed by atoms with van der Waals surface area (Å²) in [6.45, 7) is 2.15. The lowest BCUT2D eigenvalue weighted by atomic mass is 10.1. The molecular weight excluding hydrogens is 288 g/mol. The monoisotopic (exact) mass is 306 g/mol. The lowest BCUT2D eigenvalue weighted by Gasteiger charge is -2.16. The van der Waals surface area contributed by atoms with Crippen LogP contribution in [0.1, 0.15) is 29.4 Å². The second-order valence-electron chi connectivity index (χ2n) is 4.53. The summed E-state index contributed by atoms with van der Waals surface area (Å²) in [6, 6.07) is 6.81. The molecule has 112 valence electrons. The van der Waals surface area contributed by atoms with Crippen LogP contribution in [0.2, 0.25) is 0 Å². The highest BCUT2D eigenvalue weighted by Gasteiger charge is 2.15. The predicted molar refractivity (Wildman–Crippen MR) is 81.5 cm³/mol. The van der Waals surface area contributed by atoms with Crippen molar-refractivity contribution in [1.82, 2.24) is 10.3 Å². The van der Waals surface area contributed by atoms with Gasteiger partial charge < -0.3 is 15.2 Å². The third-order valence-electron chi connectivity index (χ3n) is 3.04. The molecule has 21 heavy (non-hydrogen) atoms. The van der Waals surface area contributed by atoms with Crippen molar-refractivity contribution in [1.29, 1.82) is 0 Å². The van der Waals surface area contributed by atoms with Crippen LogP contribution in [-0.4, -0.2) is 28.6 Å². The summed E-state index contributed by atoms with van der Waals surface area (Å²) in [4.78, 5) is 16.4. The van der Waals surface area contributed by atoms with Gasteiger partial charge in [0.15, 0.2) is 0 Å². The topological polar surface area (TPSA) is 71.5 Å². The number of carbonyl (C=O) groups is 1. The number of aromatic nitrogens is 1. The first-order chi connectivity index (χ1) is 10.2. The number of amides is 1. The lowest BCUT2D eigenvalue weighted by molar-refractivity contribution is 0.0910. The highest BCUT2D eigenvalue weighted by molar-refractivity contribution is 7.07. The fourth-order valence-electron chi connectivity index (χ4n) is 1.78. The molecule has 6 heteroatoms. The van der Waals surface area contributed by atoms with E-state index in [1.807, 2.05) is 18.4 Å². The van der Waals surface area contributed by atoms with Crippen molar-refractivity contribution < 1.29 is 14.6 Å². The molecule has 0 saturated heterocycles. The van der Waals surface area contributed by atoms with E-state index in [2.05, 4.69) is 10.3 Å². The number of aliphatic hydroxyl groups excluding tert-OH is 1. The zero-order valence-corrected chi connectivity index (χ0v) is 12.6. The van der Waals surface area contributed by atoms with Crippen LogP contribution in [0.3, 0.4) is 0 Å². The van der Waals surface area contributed by atoms with Crippen LogP contribution in [0.5, 0.6) is 5.75 Å². The predicted octanol–water partition coefficient (Wildman–Crippen LogP) is 2.22. The van der Waals surface area contributed by atoms with E-state index in [1.54, 1.807) is 23.7 Å². The summed E-state index contributed by atoms with van der Waals surface area (Å²) < 4.78 is 5.67.